The summed E-state index contributed by atoms with van der Waals surface area (Å²) in [6.07, 6.45) is 6.36. The Morgan fingerprint density at radius 1 is 0.962 bits per heavy atom. The zero-order valence-electron chi connectivity index (χ0n) is 30.3. The number of benzene rings is 2. The third kappa shape index (κ3) is 10.4. The second-order valence-electron chi connectivity index (χ2n) is 14.5. The Bertz CT molecular complexity index is 1930. The maximum atomic E-state index is 13.3. The minimum atomic E-state index is -1.11. The summed E-state index contributed by atoms with van der Waals surface area (Å²) in [7, 11) is 0. The lowest BCUT2D eigenvalue weighted by Crippen LogP contribution is -2.54. The largest absolute Gasteiger partial charge is 0.476 e. The summed E-state index contributed by atoms with van der Waals surface area (Å²) in [6.45, 7) is 10.4. The molecule has 0 saturated carbocycles. The molecule has 0 spiro atoms. The molecule has 15 heteroatoms. The first-order valence-corrected chi connectivity index (χ1v) is 18.5. The number of aromatic carboxylic acids is 1. The zero-order valence-corrected chi connectivity index (χ0v) is 31.1. The predicted molar refractivity (Wildman–Crippen MR) is 203 cm³/mol. The number of carbonyl (C=O) groups is 3. The minimum absolute atomic E-state index is 0.0951. The lowest BCUT2D eigenvalue weighted by molar-refractivity contribution is 0.0447. The number of nitrogens with one attached hydrogen (secondary N) is 4. The number of carboxylic acid groups (broad SMARTS) is 1. The monoisotopic (exact) mass is 739 g/mol. The van der Waals surface area contributed by atoms with Crippen LogP contribution in [0.2, 0.25) is 0 Å². The van der Waals surface area contributed by atoms with Crippen LogP contribution in [0.15, 0.2) is 76.9 Å². The molecule has 5 N–H and O–H groups in total. The number of piperidine rings is 1. The van der Waals surface area contributed by atoms with Crippen LogP contribution in [0.25, 0.3) is 0 Å². The van der Waals surface area contributed by atoms with Gasteiger partial charge in [0, 0.05) is 53.9 Å². The maximum absolute atomic E-state index is 13.3. The fraction of sp³-hybridized carbons (Fsp3) is 0.395. The normalized spacial score (nSPS) is 16.4. The molecule has 2 amide bonds. The van der Waals surface area contributed by atoms with Gasteiger partial charge in [0.05, 0.1) is 12.4 Å². The molecule has 1 aliphatic heterocycles. The van der Waals surface area contributed by atoms with E-state index in [9.17, 15) is 14.4 Å². The average molecular weight is 740 g/mol. The Morgan fingerprint density at radius 2 is 1.75 bits per heavy atom. The number of hydrogen-bond acceptors (Lipinski definition) is 12. The number of alkyl carbamates (subject to hydrolysis) is 1. The molecule has 0 radical (unpaired) electrons. The average Bonchev–Trinajstić information content (AvgIpc) is 3.52. The van der Waals surface area contributed by atoms with Crippen molar-refractivity contribution >= 4 is 47.1 Å². The summed E-state index contributed by atoms with van der Waals surface area (Å²) in [6, 6.07) is 16.8. The SMILES string of the molecule is CC1(NC(=O)OC(C)(C)C)CCN(c2cnc(Sc3cccc(NC(=O)c4ccc5c(c4)CC(NCCNc4ccc(C(=O)O)nn4)C5)c3)cn2)CC1. The third-order valence-corrected chi connectivity index (χ3v) is 9.98. The van der Waals surface area contributed by atoms with Crippen molar-refractivity contribution in [1.82, 2.24) is 30.8 Å². The van der Waals surface area contributed by atoms with Crippen molar-refractivity contribution in [2.75, 3.05) is 41.7 Å². The highest BCUT2D eigenvalue weighted by molar-refractivity contribution is 7.99. The van der Waals surface area contributed by atoms with E-state index in [1.54, 1.807) is 18.5 Å². The third-order valence-electron chi connectivity index (χ3n) is 9.07. The molecule has 1 saturated heterocycles. The Hall–Kier alpha value is -5.28. The van der Waals surface area contributed by atoms with Gasteiger partial charge in [-0.1, -0.05) is 23.9 Å². The van der Waals surface area contributed by atoms with E-state index in [1.807, 2.05) is 70.2 Å². The number of aromatic nitrogens is 4. The van der Waals surface area contributed by atoms with Crippen molar-refractivity contribution in [3.05, 3.63) is 89.4 Å². The van der Waals surface area contributed by atoms with Crippen molar-refractivity contribution in [3.8, 4) is 0 Å². The summed E-state index contributed by atoms with van der Waals surface area (Å²) < 4.78 is 5.45. The van der Waals surface area contributed by atoms with Gasteiger partial charge in [0.2, 0.25) is 0 Å². The van der Waals surface area contributed by atoms with Gasteiger partial charge >= 0.3 is 12.1 Å². The molecular formula is C38H45N9O5S. The molecule has 2 aliphatic rings. The van der Waals surface area contributed by atoms with E-state index in [0.717, 1.165) is 60.1 Å². The Labute approximate surface area is 312 Å². The summed E-state index contributed by atoms with van der Waals surface area (Å²) in [5.74, 6) is 0.0275. The molecule has 2 aromatic heterocycles. The van der Waals surface area contributed by atoms with Crippen LogP contribution in [0, 0.1) is 0 Å². The molecule has 2 aromatic carbocycles. The number of fused-ring (bicyclic) bond motifs is 1. The second kappa shape index (κ2) is 16.2. The number of amides is 2. The fourth-order valence-electron chi connectivity index (χ4n) is 6.30. The van der Waals surface area contributed by atoms with Crippen molar-refractivity contribution in [2.24, 2.45) is 0 Å². The summed E-state index contributed by atoms with van der Waals surface area (Å²) >= 11 is 1.47. The first-order valence-electron chi connectivity index (χ1n) is 17.6. The van der Waals surface area contributed by atoms with Crippen LogP contribution in [-0.4, -0.2) is 86.6 Å². The molecular weight excluding hydrogens is 695 g/mol. The van der Waals surface area contributed by atoms with E-state index in [2.05, 4.69) is 46.3 Å². The molecule has 6 rings (SSSR count). The standard InChI is InChI=1S/C38H45N9O5S/c1-37(2,3)52-36(51)44-38(4)12-16-47(17-13-38)32-22-42-33(23-41-32)53-29-7-5-6-27(21-29)43-34(48)25-9-8-24-19-28(20-26(24)18-25)39-14-15-40-31-11-10-30(35(49)50)45-46-31/h5-11,18,21-23,28,39H,12-17,19-20H2,1-4H3,(H,40,46)(H,43,48)(H,44,51)(H,49,50). The van der Waals surface area contributed by atoms with E-state index in [0.29, 0.717) is 30.2 Å². The van der Waals surface area contributed by atoms with E-state index in [1.165, 1.54) is 23.4 Å². The molecule has 53 heavy (non-hydrogen) atoms. The molecule has 0 bridgehead atoms. The fourth-order valence-corrected chi connectivity index (χ4v) is 7.09. The Kier molecular flexibility index (Phi) is 11.4. The van der Waals surface area contributed by atoms with Crippen LogP contribution < -0.4 is 26.2 Å². The van der Waals surface area contributed by atoms with Crippen LogP contribution >= 0.6 is 11.8 Å². The lowest BCUT2D eigenvalue weighted by Gasteiger charge is -2.40. The zero-order chi connectivity index (χ0) is 37.6. The van der Waals surface area contributed by atoms with Gasteiger partial charge in [0.1, 0.15) is 22.3 Å². The molecule has 1 fully saturated rings. The number of rotatable bonds is 12. The highest BCUT2D eigenvalue weighted by Crippen LogP contribution is 2.30. The van der Waals surface area contributed by atoms with Gasteiger partial charge in [0.25, 0.3) is 5.91 Å². The van der Waals surface area contributed by atoms with Gasteiger partial charge in [-0.3, -0.25) is 4.79 Å². The predicted octanol–water partition coefficient (Wildman–Crippen LogP) is 5.42. The number of anilines is 3. The first-order chi connectivity index (χ1) is 25.3. The van der Waals surface area contributed by atoms with Crippen LogP contribution in [-0.2, 0) is 17.6 Å². The van der Waals surface area contributed by atoms with Gasteiger partial charge < -0.3 is 36.0 Å². The quantitative estimate of drug-likeness (QED) is 0.116. The van der Waals surface area contributed by atoms with Crippen LogP contribution in [0.5, 0.6) is 0 Å². The van der Waals surface area contributed by atoms with Gasteiger partial charge in [-0.15, -0.1) is 10.2 Å². The van der Waals surface area contributed by atoms with E-state index < -0.39 is 17.7 Å². The van der Waals surface area contributed by atoms with Gasteiger partial charge in [-0.05, 0) is 107 Å². The van der Waals surface area contributed by atoms with Gasteiger partial charge in [-0.2, -0.15) is 0 Å². The summed E-state index contributed by atoms with van der Waals surface area (Å²) in [5, 5.41) is 30.0. The maximum Gasteiger partial charge on any atom is 0.408 e. The van der Waals surface area contributed by atoms with E-state index in [-0.39, 0.29) is 23.2 Å². The molecule has 278 valence electrons. The smallest absolute Gasteiger partial charge is 0.408 e. The number of carboxylic acids is 1. The Balaban J connectivity index is 0.953. The topological polar surface area (TPSA) is 184 Å². The van der Waals surface area contributed by atoms with Gasteiger partial charge in [0.15, 0.2) is 5.69 Å². The number of ether oxygens (including phenoxy) is 1. The second-order valence-corrected chi connectivity index (χ2v) is 15.6. The van der Waals surface area contributed by atoms with E-state index >= 15 is 0 Å². The molecule has 1 atom stereocenters. The first kappa shape index (κ1) is 37.5. The van der Waals surface area contributed by atoms with Crippen molar-refractivity contribution < 1.29 is 24.2 Å². The highest BCUT2D eigenvalue weighted by atomic mass is 32.2. The van der Waals surface area contributed by atoms with Crippen molar-refractivity contribution in [1.29, 1.82) is 0 Å². The molecule has 14 nitrogen and oxygen atoms in total. The molecule has 1 aliphatic carbocycles. The highest BCUT2D eigenvalue weighted by Gasteiger charge is 2.33. The van der Waals surface area contributed by atoms with Crippen LogP contribution in [0.1, 0.15) is 72.5 Å². The molecule has 3 heterocycles. The molecule has 1 unspecified atom stereocenters. The lowest BCUT2D eigenvalue weighted by atomic mass is 9.90. The molecule has 4 aromatic rings. The van der Waals surface area contributed by atoms with Crippen LogP contribution in [0.3, 0.4) is 0 Å². The van der Waals surface area contributed by atoms with Gasteiger partial charge in [-0.25, -0.2) is 19.6 Å². The van der Waals surface area contributed by atoms with Crippen LogP contribution in [0.4, 0.5) is 22.1 Å². The summed E-state index contributed by atoms with van der Waals surface area (Å²) in [4.78, 5) is 49.0. The van der Waals surface area contributed by atoms with Crippen molar-refractivity contribution in [2.45, 2.75) is 80.5 Å². The number of hydrogen-bond donors (Lipinski definition) is 5. The van der Waals surface area contributed by atoms with Crippen molar-refractivity contribution in [3.63, 3.8) is 0 Å². The van der Waals surface area contributed by atoms with E-state index in [4.69, 9.17) is 9.84 Å². The number of carbonyl (C=O) groups excluding carboxylic acids is 2. The Morgan fingerprint density at radius 3 is 2.45 bits per heavy atom. The number of nitrogens with zero attached hydrogens (tertiary/aromatic N) is 5. The minimum Gasteiger partial charge on any atom is -0.476 e. The summed E-state index contributed by atoms with van der Waals surface area (Å²) in [5.41, 5.74) is 2.69.